The highest BCUT2D eigenvalue weighted by Gasteiger charge is 2.53. The molecule has 1 N–H and O–H groups in total. The summed E-state index contributed by atoms with van der Waals surface area (Å²) in [4.78, 5) is 23.4. The molecule has 116 valence electrons. The molecule has 3 aliphatic rings. The number of allylic oxidation sites excluding steroid dienone is 2. The van der Waals surface area contributed by atoms with Crippen molar-refractivity contribution in [1.82, 2.24) is 0 Å². The Morgan fingerprint density at radius 3 is 2.71 bits per heavy atom. The van der Waals surface area contributed by atoms with E-state index in [-0.39, 0.29) is 11.7 Å². The van der Waals surface area contributed by atoms with Gasteiger partial charge in [-0.25, -0.2) is 0 Å². The van der Waals surface area contributed by atoms with Crippen LogP contribution in [0.2, 0.25) is 0 Å². The number of carboxylic acid groups (broad SMARTS) is 1. The van der Waals surface area contributed by atoms with Crippen LogP contribution < -0.4 is 0 Å². The van der Waals surface area contributed by atoms with Gasteiger partial charge in [0, 0.05) is 6.42 Å². The van der Waals surface area contributed by atoms with Gasteiger partial charge in [-0.15, -0.1) is 0 Å². The Hall–Kier alpha value is -1.12. The maximum Gasteiger partial charge on any atom is 0.309 e. The molecular formula is C18H26O3. The second kappa shape index (κ2) is 5.26. The first kappa shape index (κ1) is 14.8. The maximum absolute atomic E-state index is 11.8. The van der Waals surface area contributed by atoms with E-state index in [1.54, 1.807) is 0 Å². The van der Waals surface area contributed by atoms with Gasteiger partial charge in [0.05, 0.1) is 5.41 Å². The molecule has 3 aliphatic carbocycles. The van der Waals surface area contributed by atoms with Crippen LogP contribution in [0.3, 0.4) is 0 Å². The van der Waals surface area contributed by atoms with Crippen LogP contribution in [-0.2, 0) is 9.59 Å². The lowest BCUT2D eigenvalue weighted by Gasteiger charge is -2.53. The van der Waals surface area contributed by atoms with E-state index in [4.69, 9.17) is 0 Å². The van der Waals surface area contributed by atoms with Gasteiger partial charge in [0.25, 0.3) is 0 Å². The van der Waals surface area contributed by atoms with Crippen molar-refractivity contribution in [3.05, 3.63) is 11.6 Å². The van der Waals surface area contributed by atoms with Gasteiger partial charge in [0.15, 0.2) is 5.78 Å². The molecule has 5 atom stereocenters. The number of hydrogen-bond acceptors (Lipinski definition) is 2. The molecule has 0 aromatic heterocycles. The minimum absolute atomic E-state index is 0.285. The fourth-order valence-electron chi connectivity index (χ4n) is 5.52. The minimum atomic E-state index is -0.618. The van der Waals surface area contributed by atoms with Crippen molar-refractivity contribution in [3.8, 4) is 0 Å². The highest BCUT2D eigenvalue weighted by atomic mass is 16.4. The molecule has 0 saturated heterocycles. The van der Waals surface area contributed by atoms with Crippen molar-refractivity contribution in [2.45, 2.75) is 58.8 Å². The first-order chi connectivity index (χ1) is 9.97. The number of carboxylic acids is 1. The number of rotatable bonds is 2. The average Bonchev–Trinajstić information content (AvgIpc) is 2.46. The summed E-state index contributed by atoms with van der Waals surface area (Å²) in [6.07, 6.45) is 8.41. The number of ketones is 1. The summed E-state index contributed by atoms with van der Waals surface area (Å²) >= 11 is 0. The summed E-state index contributed by atoms with van der Waals surface area (Å²) < 4.78 is 0. The van der Waals surface area contributed by atoms with E-state index in [1.165, 1.54) is 5.57 Å². The summed E-state index contributed by atoms with van der Waals surface area (Å²) in [6.45, 7) is 4.10. The summed E-state index contributed by atoms with van der Waals surface area (Å²) in [5.41, 5.74) is 0.808. The third-order valence-electron chi connectivity index (χ3n) is 6.62. The van der Waals surface area contributed by atoms with Crippen LogP contribution >= 0.6 is 0 Å². The van der Waals surface area contributed by atoms with E-state index < -0.39 is 11.4 Å². The van der Waals surface area contributed by atoms with Crippen LogP contribution in [0.15, 0.2) is 11.6 Å². The van der Waals surface area contributed by atoms with Crippen LogP contribution in [-0.4, -0.2) is 16.9 Å². The SMILES string of the molecule is CC[C@H]1[C@@H]2CCC3=CC(=O)CC[C@@H]3[C@@H]2CC[C@@]1(C)C(=O)O. The van der Waals surface area contributed by atoms with E-state index in [9.17, 15) is 14.7 Å². The van der Waals surface area contributed by atoms with Crippen LogP contribution in [0.4, 0.5) is 0 Å². The van der Waals surface area contributed by atoms with Crippen LogP contribution in [0, 0.1) is 29.1 Å². The highest BCUT2D eigenvalue weighted by molar-refractivity contribution is 5.91. The lowest BCUT2D eigenvalue weighted by molar-refractivity contribution is -0.159. The fraction of sp³-hybridized carbons (Fsp3) is 0.778. The molecule has 3 rings (SSSR count). The van der Waals surface area contributed by atoms with Gasteiger partial charge in [-0.3, -0.25) is 9.59 Å². The fourth-order valence-corrected chi connectivity index (χ4v) is 5.52. The Kier molecular flexibility index (Phi) is 3.71. The number of carbonyl (C=O) groups is 2. The van der Waals surface area contributed by atoms with Crippen LogP contribution in [0.1, 0.15) is 58.8 Å². The zero-order chi connectivity index (χ0) is 15.2. The molecule has 3 nitrogen and oxygen atoms in total. The van der Waals surface area contributed by atoms with E-state index >= 15 is 0 Å². The molecule has 0 aliphatic heterocycles. The Bertz CT molecular complexity index is 493. The Balaban J connectivity index is 1.89. The highest BCUT2D eigenvalue weighted by Crippen LogP contribution is 2.57. The largest absolute Gasteiger partial charge is 0.481 e. The first-order valence-electron chi connectivity index (χ1n) is 8.44. The van der Waals surface area contributed by atoms with Gasteiger partial charge in [0.2, 0.25) is 0 Å². The average molecular weight is 290 g/mol. The molecule has 0 aromatic carbocycles. The Morgan fingerprint density at radius 2 is 2.05 bits per heavy atom. The lowest BCUT2D eigenvalue weighted by Crippen LogP contribution is -2.49. The lowest BCUT2D eigenvalue weighted by atomic mass is 9.51. The van der Waals surface area contributed by atoms with Crippen molar-refractivity contribution in [2.24, 2.45) is 29.1 Å². The van der Waals surface area contributed by atoms with Gasteiger partial charge in [-0.05, 0) is 68.8 Å². The molecule has 0 amide bonds. The zero-order valence-electron chi connectivity index (χ0n) is 13.1. The molecule has 0 unspecified atom stereocenters. The molecule has 21 heavy (non-hydrogen) atoms. The quantitative estimate of drug-likeness (QED) is 0.841. The maximum atomic E-state index is 11.8. The predicted octanol–water partition coefficient (Wildman–Crippen LogP) is 3.83. The topological polar surface area (TPSA) is 54.4 Å². The summed E-state index contributed by atoms with van der Waals surface area (Å²) in [7, 11) is 0. The van der Waals surface area contributed by atoms with E-state index in [0.29, 0.717) is 24.2 Å². The van der Waals surface area contributed by atoms with Crippen molar-refractivity contribution >= 4 is 11.8 Å². The summed E-state index contributed by atoms with van der Waals surface area (Å²) in [6, 6.07) is 0. The second-order valence-corrected chi connectivity index (χ2v) is 7.47. The normalized spacial score (nSPS) is 42.8. The molecule has 3 heteroatoms. The number of hydrogen-bond donors (Lipinski definition) is 1. The summed E-state index contributed by atoms with van der Waals surface area (Å²) in [5, 5.41) is 9.70. The van der Waals surface area contributed by atoms with Gasteiger partial charge < -0.3 is 5.11 Å². The van der Waals surface area contributed by atoms with Gasteiger partial charge in [-0.1, -0.05) is 18.9 Å². The van der Waals surface area contributed by atoms with Gasteiger partial charge >= 0.3 is 5.97 Å². The van der Waals surface area contributed by atoms with Crippen molar-refractivity contribution in [3.63, 3.8) is 0 Å². The molecule has 0 radical (unpaired) electrons. The molecule has 0 spiro atoms. The first-order valence-corrected chi connectivity index (χ1v) is 8.44. The van der Waals surface area contributed by atoms with E-state index in [2.05, 4.69) is 6.92 Å². The van der Waals surface area contributed by atoms with Crippen molar-refractivity contribution in [1.29, 1.82) is 0 Å². The third kappa shape index (κ3) is 2.25. The van der Waals surface area contributed by atoms with Gasteiger partial charge in [-0.2, -0.15) is 0 Å². The zero-order valence-corrected chi connectivity index (χ0v) is 13.1. The molecule has 0 bridgehead atoms. The monoisotopic (exact) mass is 290 g/mol. The third-order valence-corrected chi connectivity index (χ3v) is 6.62. The summed E-state index contributed by atoms with van der Waals surface area (Å²) in [5.74, 6) is 1.64. The van der Waals surface area contributed by atoms with Crippen LogP contribution in [0.25, 0.3) is 0 Å². The van der Waals surface area contributed by atoms with E-state index in [1.807, 2.05) is 13.0 Å². The smallest absolute Gasteiger partial charge is 0.309 e. The van der Waals surface area contributed by atoms with Crippen molar-refractivity contribution < 1.29 is 14.7 Å². The van der Waals surface area contributed by atoms with Gasteiger partial charge in [0.1, 0.15) is 0 Å². The Morgan fingerprint density at radius 1 is 1.29 bits per heavy atom. The second-order valence-electron chi connectivity index (χ2n) is 7.47. The molecule has 0 aromatic rings. The number of aliphatic carboxylic acids is 1. The van der Waals surface area contributed by atoms with Crippen LogP contribution in [0.5, 0.6) is 0 Å². The number of fused-ring (bicyclic) bond motifs is 3. The number of carbonyl (C=O) groups excluding carboxylic acids is 1. The van der Waals surface area contributed by atoms with E-state index in [0.717, 1.165) is 38.5 Å². The van der Waals surface area contributed by atoms with Crippen molar-refractivity contribution in [2.75, 3.05) is 0 Å². The predicted molar refractivity (Wildman–Crippen MR) is 80.8 cm³/mol. The molecule has 2 fully saturated rings. The molecular weight excluding hydrogens is 264 g/mol. The Labute approximate surface area is 126 Å². The minimum Gasteiger partial charge on any atom is -0.481 e. The molecule has 0 heterocycles. The molecule has 2 saturated carbocycles. The standard InChI is InChI=1S/C18H26O3/c1-3-16-15-6-4-11-10-12(19)5-7-13(11)14(15)8-9-18(16,2)17(20)21/h10,13-16H,3-9H2,1-2H3,(H,20,21)/t13-,14-,15+,16-,18+/m0/s1.